The third kappa shape index (κ3) is 3.75. The van der Waals surface area contributed by atoms with Crippen LogP contribution in [0.3, 0.4) is 0 Å². The lowest BCUT2D eigenvalue weighted by Gasteiger charge is -2.36. The van der Waals surface area contributed by atoms with E-state index in [1.807, 2.05) is 0 Å². The van der Waals surface area contributed by atoms with Crippen LogP contribution in [0.15, 0.2) is 73.1 Å². The van der Waals surface area contributed by atoms with Crippen LogP contribution in [0, 0.1) is 0 Å². The summed E-state index contributed by atoms with van der Waals surface area (Å²) in [6.45, 7) is 7.95. The van der Waals surface area contributed by atoms with E-state index in [-0.39, 0.29) is 5.41 Å². The zero-order valence-electron chi connectivity index (χ0n) is 16.3. The second kappa shape index (κ2) is 8.35. The Morgan fingerprint density at radius 2 is 1.62 bits per heavy atom. The molecule has 1 aromatic heterocycles. The van der Waals surface area contributed by atoms with E-state index < -0.39 is 0 Å². The average Bonchev–Trinajstić information content (AvgIpc) is 3.15. The molecule has 0 radical (unpaired) electrons. The smallest absolute Gasteiger partial charge is 0.247 e. The highest BCUT2D eigenvalue weighted by atomic mass is 15.1. The maximum absolute atomic E-state index is 3.57. The quantitative estimate of drug-likeness (QED) is 0.526. The van der Waals surface area contributed by atoms with E-state index >= 15 is 0 Å². The van der Waals surface area contributed by atoms with Gasteiger partial charge in [0, 0.05) is 5.41 Å². The van der Waals surface area contributed by atoms with Crippen molar-refractivity contribution in [2.75, 3.05) is 0 Å². The van der Waals surface area contributed by atoms with Crippen LogP contribution in [0.25, 0.3) is 0 Å². The first kappa shape index (κ1) is 18.4. The van der Waals surface area contributed by atoms with Crippen molar-refractivity contribution in [2.24, 2.45) is 0 Å². The van der Waals surface area contributed by atoms with Gasteiger partial charge in [-0.25, -0.2) is 9.55 Å². The standard InChI is InChI=1S/C24H30N2/c1-4-12-22(23-25-17-18-26(23)5-2)24(3,21-15-10-7-11-16-21)19-20-13-8-6-9-14-20/h6-11,13-18,22H,4-5,12,19H2,1-3H3/p+1. The Morgan fingerprint density at radius 3 is 2.23 bits per heavy atom. The molecule has 2 unspecified atom stereocenters. The molecular formula is C24H31N2+. The summed E-state index contributed by atoms with van der Waals surface area (Å²) in [6, 6.07) is 22.0. The van der Waals surface area contributed by atoms with E-state index in [1.165, 1.54) is 29.8 Å². The first-order valence-corrected chi connectivity index (χ1v) is 9.85. The monoisotopic (exact) mass is 347 g/mol. The van der Waals surface area contributed by atoms with Gasteiger partial charge < -0.3 is 0 Å². The Hall–Kier alpha value is -2.35. The normalized spacial score (nSPS) is 14.7. The van der Waals surface area contributed by atoms with E-state index in [2.05, 4.69) is 103 Å². The number of imidazole rings is 1. The van der Waals surface area contributed by atoms with Gasteiger partial charge in [0.05, 0.1) is 12.5 Å². The number of hydrogen-bond acceptors (Lipinski definition) is 0. The average molecular weight is 348 g/mol. The number of benzene rings is 2. The summed E-state index contributed by atoms with van der Waals surface area (Å²) >= 11 is 0. The van der Waals surface area contributed by atoms with Gasteiger partial charge in [0.25, 0.3) is 5.82 Å². The molecule has 2 nitrogen and oxygen atoms in total. The molecule has 2 atom stereocenters. The van der Waals surface area contributed by atoms with Crippen LogP contribution in [-0.4, -0.2) is 4.98 Å². The minimum absolute atomic E-state index is 0.0282. The number of hydrogen-bond donors (Lipinski definition) is 1. The Balaban J connectivity index is 2.11. The topological polar surface area (TPSA) is 19.7 Å². The first-order valence-electron chi connectivity index (χ1n) is 9.85. The van der Waals surface area contributed by atoms with Gasteiger partial charge >= 0.3 is 0 Å². The summed E-state index contributed by atoms with van der Waals surface area (Å²) in [5, 5.41) is 0. The molecule has 2 heteroatoms. The van der Waals surface area contributed by atoms with E-state index in [4.69, 9.17) is 0 Å². The highest BCUT2D eigenvalue weighted by Crippen LogP contribution is 2.43. The number of aromatic nitrogens is 2. The lowest BCUT2D eigenvalue weighted by atomic mass is 9.66. The zero-order chi connectivity index (χ0) is 18.4. The third-order valence-electron chi connectivity index (χ3n) is 5.66. The van der Waals surface area contributed by atoms with Gasteiger partial charge in [0.1, 0.15) is 12.4 Å². The van der Waals surface area contributed by atoms with Gasteiger partial charge in [0.2, 0.25) is 0 Å². The molecule has 2 aromatic carbocycles. The van der Waals surface area contributed by atoms with Crippen LogP contribution in [0.1, 0.15) is 56.5 Å². The van der Waals surface area contributed by atoms with Gasteiger partial charge in [-0.1, -0.05) is 80.9 Å². The van der Waals surface area contributed by atoms with Crippen LogP contribution in [0.5, 0.6) is 0 Å². The van der Waals surface area contributed by atoms with E-state index in [0.29, 0.717) is 5.92 Å². The van der Waals surface area contributed by atoms with Crippen LogP contribution < -0.4 is 4.57 Å². The molecule has 26 heavy (non-hydrogen) atoms. The summed E-state index contributed by atoms with van der Waals surface area (Å²) in [4.78, 5) is 3.57. The number of nitrogens with zero attached hydrogens (tertiary/aromatic N) is 1. The number of aromatic amines is 1. The summed E-state index contributed by atoms with van der Waals surface area (Å²) < 4.78 is 2.37. The molecule has 0 aliphatic heterocycles. The molecule has 0 aliphatic carbocycles. The lowest BCUT2D eigenvalue weighted by molar-refractivity contribution is -0.701. The molecule has 0 saturated heterocycles. The molecule has 0 amide bonds. The van der Waals surface area contributed by atoms with Crippen LogP contribution >= 0.6 is 0 Å². The Morgan fingerprint density at radius 1 is 0.962 bits per heavy atom. The van der Waals surface area contributed by atoms with Crippen molar-refractivity contribution < 1.29 is 4.57 Å². The van der Waals surface area contributed by atoms with Crippen molar-refractivity contribution in [1.82, 2.24) is 4.98 Å². The van der Waals surface area contributed by atoms with Gasteiger partial charge in [-0.15, -0.1) is 0 Å². The summed E-state index contributed by atoms with van der Waals surface area (Å²) in [5.41, 5.74) is 2.84. The summed E-state index contributed by atoms with van der Waals surface area (Å²) in [7, 11) is 0. The number of H-pyrrole nitrogens is 1. The van der Waals surface area contributed by atoms with Gasteiger partial charge in [-0.3, -0.25) is 0 Å². The van der Waals surface area contributed by atoms with Crippen molar-refractivity contribution in [3.8, 4) is 0 Å². The van der Waals surface area contributed by atoms with Crippen molar-refractivity contribution in [1.29, 1.82) is 0 Å². The molecule has 0 fully saturated rings. The van der Waals surface area contributed by atoms with E-state index in [1.54, 1.807) is 0 Å². The van der Waals surface area contributed by atoms with Gasteiger partial charge in [-0.2, -0.15) is 0 Å². The Labute approximate surface area is 157 Å². The SMILES string of the molecule is CCCC(c1[nH]cc[n+]1CC)C(C)(Cc1ccccc1)c1ccccc1. The molecule has 0 saturated carbocycles. The van der Waals surface area contributed by atoms with E-state index in [0.717, 1.165) is 13.0 Å². The van der Waals surface area contributed by atoms with E-state index in [9.17, 15) is 0 Å². The molecule has 136 valence electrons. The number of rotatable bonds is 8. The minimum atomic E-state index is 0.0282. The third-order valence-corrected chi connectivity index (χ3v) is 5.66. The molecule has 1 N–H and O–H groups in total. The van der Waals surface area contributed by atoms with Crippen molar-refractivity contribution in [3.63, 3.8) is 0 Å². The second-order valence-corrected chi connectivity index (χ2v) is 7.42. The van der Waals surface area contributed by atoms with Crippen molar-refractivity contribution >= 4 is 0 Å². The first-order chi connectivity index (χ1) is 12.7. The fourth-order valence-electron chi connectivity index (χ4n) is 4.26. The molecule has 1 heterocycles. The molecular weight excluding hydrogens is 316 g/mol. The van der Waals surface area contributed by atoms with Crippen LogP contribution in [-0.2, 0) is 18.4 Å². The number of aryl methyl sites for hydroxylation is 1. The molecule has 0 bridgehead atoms. The van der Waals surface area contributed by atoms with Crippen LogP contribution in [0.4, 0.5) is 0 Å². The largest absolute Gasteiger partial charge is 0.258 e. The van der Waals surface area contributed by atoms with Crippen molar-refractivity contribution in [2.45, 2.75) is 57.9 Å². The van der Waals surface area contributed by atoms with Crippen LogP contribution in [0.2, 0.25) is 0 Å². The Kier molecular flexibility index (Phi) is 5.92. The molecule has 3 rings (SSSR count). The highest BCUT2D eigenvalue weighted by Gasteiger charge is 2.41. The molecule has 3 aromatic rings. The maximum atomic E-state index is 3.57. The lowest BCUT2D eigenvalue weighted by Crippen LogP contribution is -2.43. The van der Waals surface area contributed by atoms with Gasteiger partial charge in [0.15, 0.2) is 0 Å². The molecule has 0 spiro atoms. The Bertz CT molecular complexity index is 791. The highest BCUT2D eigenvalue weighted by molar-refractivity contribution is 5.32. The predicted octanol–water partition coefficient (Wildman–Crippen LogP) is 5.41. The zero-order valence-corrected chi connectivity index (χ0v) is 16.3. The summed E-state index contributed by atoms with van der Waals surface area (Å²) in [6.07, 6.45) is 7.62. The maximum Gasteiger partial charge on any atom is 0.258 e. The van der Waals surface area contributed by atoms with Crippen molar-refractivity contribution in [3.05, 3.63) is 90.0 Å². The second-order valence-electron chi connectivity index (χ2n) is 7.42. The van der Waals surface area contributed by atoms with Gasteiger partial charge in [-0.05, 0) is 30.9 Å². The summed E-state index contributed by atoms with van der Waals surface area (Å²) in [5.74, 6) is 1.78. The molecule has 0 aliphatic rings. The fourth-order valence-corrected chi connectivity index (χ4v) is 4.26. The minimum Gasteiger partial charge on any atom is -0.247 e. The fraction of sp³-hybridized carbons (Fsp3) is 0.375. The predicted molar refractivity (Wildman–Crippen MR) is 108 cm³/mol. The number of nitrogens with one attached hydrogen (secondary N) is 1.